The summed E-state index contributed by atoms with van der Waals surface area (Å²) in [5.41, 5.74) is 2.61. The standard InChI is InChI=1S/C21H19N3O2/c1-13-8-9-16-15(12-13)19(25)17-18(23-16)20(26)24-11-5-10-22-21(17,24)14-6-3-2-4-7-14/h2-4,6-9,12,22H,5,10-11H2,1H3,(H,23,25). The SMILES string of the molecule is Cc1ccc2[nH]c3c(c(=O)c2c1)C1(c2ccccc2)NCCCN1C3=O. The summed E-state index contributed by atoms with van der Waals surface area (Å²) in [4.78, 5) is 31.8. The molecule has 0 aliphatic carbocycles. The third-order valence-electron chi connectivity index (χ3n) is 5.51. The van der Waals surface area contributed by atoms with Crippen molar-refractivity contribution in [3.63, 3.8) is 0 Å². The van der Waals surface area contributed by atoms with E-state index in [9.17, 15) is 9.59 Å². The van der Waals surface area contributed by atoms with Crippen molar-refractivity contribution in [2.75, 3.05) is 13.1 Å². The van der Waals surface area contributed by atoms with Crippen molar-refractivity contribution in [1.82, 2.24) is 15.2 Å². The zero-order valence-electron chi connectivity index (χ0n) is 14.5. The Morgan fingerprint density at radius 1 is 1.08 bits per heavy atom. The Kier molecular flexibility index (Phi) is 3.12. The van der Waals surface area contributed by atoms with Gasteiger partial charge >= 0.3 is 0 Å². The van der Waals surface area contributed by atoms with Gasteiger partial charge in [-0.1, -0.05) is 42.0 Å². The van der Waals surface area contributed by atoms with Crippen LogP contribution >= 0.6 is 0 Å². The highest BCUT2D eigenvalue weighted by Gasteiger charge is 2.54. The van der Waals surface area contributed by atoms with E-state index < -0.39 is 5.66 Å². The van der Waals surface area contributed by atoms with Gasteiger partial charge in [-0.15, -0.1) is 0 Å². The van der Waals surface area contributed by atoms with E-state index in [2.05, 4.69) is 10.3 Å². The molecule has 0 spiro atoms. The van der Waals surface area contributed by atoms with Crippen LogP contribution in [-0.2, 0) is 5.66 Å². The number of carbonyl (C=O) groups excluding carboxylic acids is 1. The summed E-state index contributed by atoms with van der Waals surface area (Å²) in [7, 11) is 0. The Hall–Kier alpha value is -2.92. The number of aromatic nitrogens is 1. The molecular weight excluding hydrogens is 326 g/mol. The second-order valence-electron chi connectivity index (χ2n) is 7.07. The van der Waals surface area contributed by atoms with Crippen LogP contribution in [0.1, 0.15) is 33.6 Å². The predicted octanol–water partition coefficient (Wildman–Crippen LogP) is 2.49. The molecule has 1 amide bonds. The molecule has 1 atom stereocenters. The van der Waals surface area contributed by atoms with E-state index in [0.717, 1.165) is 24.1 Å². The van der Waals surface area contributed by atoms with Gasteiger partial charge < -0.3 is 9.88 Å². The van der Waals surface area contributed by atoms with E-state index in [0.29, 0.717) is 28.7 Å². The quantitative estimate of drug-likeness (QED) is 0.712. The lowest BCUT2D eigenvalue weighted by Gasteiger charge is -2.43. The van der Waals surface area contributed by atoms with Crippen LogP contribution in [0.2, 0.25) is 0 Å². The first kappa shape index (κ1) is 15.3. The second kappa shape index (κ2) is 5.29. The fourth-order valence-electron chi connectivity index (χ4n) is 4.37. The number of nitrogens with zero attached hydrogens (tertiary/aromatic N) is 1. The molecule has 1 aromatic heterocycles. The number of amides is 1. The van der Waals surface area contributed by atoms with E-state index in [1.165, 1.54) is 0 Å². The summed E-state index contributed by atoms with van der Waals surface area (Å²) >= 11 is 0. The summed E-state index contributed by atoms with van der Waals surface area (Å²) in [5, 5.41) is 4.13. The first-order chi connectivity index (χ1) is 12.6. The van der Waals surface area contributed by atoms with Crippen molar-refractivity contribution in [3.8, 4) is 0 Å². The molecule has 1 fully saturated rings. The summed E-state index contributed by atoms with van der Waals surface area (Å²) in [6, 6.07) is 15.5. The molecule has 1 unspecified atom stereocenters. The first-order valence-corrected chi connectivity index (χ1v) is 8.92. The highest BCUT2D eigenvalue weighted by atomic mass is 16.2. The van der Waals surface area contributed by atoms with E-state index in [1.807, 2.05) is 55.5 Å². The number of nitrogens with one attached hydrogen (secondary N) is 2. The monoisotopic (exact) mass is 345 g/mol. The minimum Gasteiger partial charge on any atom is -0.350 e. The molecule has 2 aliphatic rings. The summed E-state index contributed by atoms with van der Waals surface area (Å²) in [6.45, 7) is 3.34. The summed E-state index contributed by atoms with van der Waals surface area (Å²) < 4.78 is 0. The zero-order chi connectivity index (χ0) is 17.9. The number of pyridine rings is 1. The van der Waals surface area contributed by atoms with E-state index in [-0.39, 0.29) is 11.3 Å². The molecular formula is C21H19N3O2. The normalized spacial score (nSPS) is 21.7. The lowest BCUT2D eigenvalue weighted by molar-refractivity contribution is 0.0453. The van der Waals surface area contributed by atoms with Gasteiger partial charge in [-0.3, -0.25) is 14.9 Å². The Morgan fingerprint density at radius 3 is 2.69 bits per heavy atom. The van der Waals surface area contributed by atoms with Gasteiger partial charge in [0.15, 0.2) is 11.1 Å². The van der Waals surface area contributed by atoms with Crippen molar-refractivity contribution in [2.45, 2.75) is 19.0 Å². The lowest BCUT2D eigenvalue weighted by atomic mass is 9.89. The maximum Gasteiger partial charge on any atom is 0.272 e. The zero-order valence-corrected chi connectivity index (χ0v) is 14.5. The smallest absolute Gasteiger partial charge is 0.272 e. The molecule has 5 nitrogen and oxygen atoms in total. The molecule has 130 valence electrons. The van der Waals surface area contributed by atoms with Crippen LogP contribution in [0.4, 0.5) is 0 Å². The third kappa shape index (κ3) is 1.83. The molecule has 5 heteroatoms. The van der Waals surface area contributed by atoms with Crippen LogP contribution in [-0.4, -0.2) is 28.9 Å². The largest absolute Gasteiger partial charge is 0.350 e. The van der Waals surface area contributed by atoms with Crippen LogP contribution < -0.4 is 10.7 Å². The minimum absolute atomic E-state index is 0.0773. The van der Waals surface area contributed by atoms with Gasteiger partial charge in [0, 0.05) is 17.4 Å². The fourth-order valence-corrected chi connectivity index (χ4v) is 4.37. The van der Waals surface area contributed by atoms with Crippen molar-refractivity contribution in [3.05, 3.63) is 81.1 Å². The summed E-state index contributed by atoms with van der Waals surface area (Å²) in [6.07, 6.45) is 0.862. The van der Waals surface area contributed by atoms with Gasteiger partial charge in [-0.25, -0.2) is 0 Å². The molecule has 0 radical (unpaired) electrons. The lowest BCUT2D eigenvalue weighted by Crippen LogP contribution is -2.60. The van der Waals surface area contributed by atoms with E-state index in [4.69, 9.17) is 0 Å². The van der Waals surface area contributed by atoms with Gasteiger partial charge in [0.2, 0.25) is 0 Å². The Labute approximate surface area is 150 Å². The topological polar surface area (TPSA) is 65.2 Å². The van der Waals surface area contributed by atoms with Crippen LogP contribution in [0.5, 0.6) is 0 Å². The number of H-pyrrole nitrogens is 1. The van der Waals surface area contributed by atoms with Crippen molar-refractivity contribution in [2.24, 2.45) is 0 Å². The van der Waals surface area contributed by atoms with Gasteiger partial charge in [0.25, 0.3) is 5.91 Å². The molecule has 2 aliphatic heterocycles. The number of benzene rings is 2. The Balaban J connectivity index is 1.91. The molecule has 0 bridgehead atoms. The number of rotatable bonds is 1. The van der Waals surface area contributed by atoms with Crippen LogP contribution in [0.3, 0.4) is 0 Å². The number of aromatic amines is 1. The number of hydrogen-bond acceptors (Lipinski definition) is 3. The average Bonchev–Trinajstić information content (AvgIpc) is 2.93. The molecule has 3 aromatic rings. The van der Waals surface area contributed by atoms with Crippen molar-refractivity contribution < 1.29 is 4.79 Å². The van der Waals surface area contributed by atoms with Gasteiger partial charge in [0.1, 0.15) is 5.69 Å². The highest BCUT2D eigenvalue weighted by Crippen LogP contribution is 2.42. The molecule has 0 saturated carbocycles. The molecule has 3 heterocycles. The highest BCUT2D eigenvalue weighted by molar-refractivity contribution is 6.01. The van der Waals surface area contributed by atoms with Crippen molar-refractivity contribution >= 4 is 16.8 Å². The number of hydrogen-bond donors (Lipinski definition) is 2. The Bertz CT molecular complexity index is 1100. The molecule has 26 heavy (non-hydrogen) atoms. The maximum absolute atomic E-state index is 13.5. The predicted molar refractivity (Wildman–Crippen MR) is 100 cm³/mol. The van der Waals surface area contributed by atoms with E-state index >= 15 is 0 Å². The van der Waals surface area contributed by atoms with Crippen molar-refractivity contribution in [1.29, 1.82) is 0 Å². The molecule has 5 rings (SSSR count). The van der Waals surface area contributed by atoms with Crippen LogP contribution in [0.25, 0.3) is 10.9 Å². The van der Waals surface area contributed by atoms with Gasteiger partial charge in [-0.2, -0.15) is 0 Å². The number of fused-ring (bicyclic) bond motifs is 4. The minimum atomic E-state index is -0.891. The average molecular weight is 345 g/mol. The number of aryl methyl sites for hydroxylation is 1. The fraction of sp³-hybridized carbons (Fsp3) is 0.238. The van der Waals surface area contributed by atoms with Gasteiger partial charge in [-0.05, 0) is 37.6 Å². The molecule has 2 aromatic carbocycles. The van der Waals surface area contributed by atoms with Gasteiger partial charge in [0.05, 0.1) is 5.56 Å². The van der Waals surface area contributed by atoms with Crippen LogP contribution in [0, 0.1) is 6.92 Å². The molecule has 2 N–H and O–H groups in total. The van der Waals surface area contributed by atoms with Crippen LogP contribution in [0.15, 0.2) is 53.3 Å². The Morgan fingerprint density at radius 2 is 1.88 bits per heavy atom. The van der Waals surface area contributed by atoms with E-state index in [1.54, 1.807) is 4.90 Å². The first-order valence-electron chi connectivity index (χ1n) is 8.92. The summed E-state index contributed by atoms with van der Waals surface area (Å²) in [5.74, 6) is -0.115. The number of carbonyl (C=O) groups is 1. The molecule has 1 saturated heterocycles. The maximum atomic E-state index is 13.5. The second-order valence-corrected chi connectivity index (χ2v) is 7.07. The third-order valence-corrected chi connectivity index (χ3v) is 5.51.